The molecular weight excluding hydrogens is 398 g/mol. The van der Waals surface area contributed by atoms with Crippen molar-refractivity contribution >= 4 is 22.7 Å². The monoisotopic (exact) mass is 423 g/mol. The Labute approximate surface area is 187 Å². The molecule has 0 aliphatic carbocycles. The number of esters is 1. The first-order chi connectivity index (χ1) is 15.3. The molecule has 0 spiro atoms. The first kappa shape index (κ1) is 21.4. The summed E-state index contributed by atoms with van der Waals surface area (Å²) in [7, 11) is 0. The highest BCUT2D eigenvalue weighted by Gasteiger charge is 2.23. The van der Waals surface area contributed by atoms with Gasteiger partial charge in [-0.15, -0.1) is 0 Å². The van der Waals surface area contributed by atoms with Gasteiger partial charge in [0.15, 0.2) is 6.10 Å². The molecule has 4 aromatic rings. The molecule has 0 amide bonds. The second-order valence-corrected chi connectivity index (χ2v) is 8.17. The minimum Gasteiger partial charge on any atom is -0.451 e. The van der Waals surface area contributed by atoms with Crippen LogP contribution in [0.1, 0.15) is 44.3 Å². The van der Waals surface area contributed by atoms with Gasteiger partial charge in [0, 0.05) is 16.5 Å². The van der Waals surface area contributed by atoms with E-state index in [1.165, 1.54) is 0 Å². The number of Topliss-reactive ketones (excluding diaryl/α,β-unsaturated/α-hetero) is 1. The van der Waals surface area contributed by atoms with Gasteiger partial charge in [-0.2, -0.15) is 0 Å². The number of aryl methyl sites for hydroxylation is 3. The number of ketones is 1. The summed E-state index contributed by atoms with van der Waals surface area (Å²) in [4.78, 5) is 30.8. The van der Waals surface area contributed by atoms with Crippen molar-refractivity contribution in [2.75, 3.05) is 0 Å². The van der Waals surface area contributed by atoms with Crippen molar-refractivity contribution in [2.24, 2.45) is 0 Å². The molecule has 4 nitrogen and oxygen atoms in total. The summed E-state index contributed by atoms with van der Waals surface area (Å²) in [5.74, 6) is -0.768. The van der Waals surface area contributed by atoms with Crippen molar-refractivity contribution < 1.29 is 14.3 Å². The topological polar surface area (TPSA) is 56.3 Å². The van der Waals surface area contributed by atoms with Crippen LogP contribution in [0.3, 0.4) is 0 Å². The van der Waals surface area contributed by atoms with E-state index in [1.54, 1.807) is 25.1 Å². The number of rotatable bonds is 5. The number of hydrogen-bond donors (Lipinski definition) is 0. The molecule has 1 atom stereocenters. The number of carbonyl (C=O) groups is 2. The number of nitrogens with zero attached hydrogens (tertiary/aromatic N) is 1. The zero-order valence-electron chi connectivity index (χ0n) is 18.7. The van der Waals surface area contributed by atoms with Crippen molar-refractivity contribution in [3.63, 3.8) is 0 Å². The lowest BCUT2D eigenvalue weighted by Gasteiger charge is -2.15. The molecule has 0 saturated carbocycles. The molecule has 1 aromatic heterocycles. The number of aromatic nitrogens is 1. The molecule has 4 rings (SSSR count). The largest absolute Gasteiger partial charge is 0.451 e. The third-order valence-electron chi connectivity index (χ3n) is 5.60. The fraction of sp³-hybridized carbons (Fsp3) is 0.179. The molecule has 1 unspecified atom stereocenters. The van der Waals surface area contributed by atoms with Gasteiger partial charge in [0.2, 0.25) is 5.78 Å². The van der Waals surface area contributed by atoms with Crippen LogP contribution in [-0.2, 0) is 4.74 Å². The van der Waals surface area contributed by atoms with Crippen LogP contribution in [0.5, 0.6) is 0 Å². The normalized spacial score (nSPS) is 11.9. The molecule has 160 valence electrons. The van der Waals surface area contributed by atoms with Crippen LogP contribution in [0.4, 0.5) is 0 Å². The van der Waals surface area contributed by atoms with Crippen molar-refractivity contribution in [3.05, 3.63) is 101 Å². The zero-order chi connectivity index (χ0) is 22.8. The van der Waals surface area contributed by atoms with Crippen LogP contribution in [-0.4, -0.2) is 22.8 Å². The maximum absolute atomic E-state index is 13.2. The summed E-state index contributed by atoms with van der Waals surface area (Å²) in [5, 5.41) is 0.709. The molecule has 0 fully saturated rings. The van der Waals surface area contributed by atoms with E-state index in [0.717, 1.165) is 27.8 Å². The highest BCUT2D eigenvalue weighted by molar-refractivity contribution is 6.07. The van der Waals surface area contributed by atoms with Gasteiger partial charge < -0.3 is 4.74 Å². The minimum absolute atomic E-state index is 0.230. The van der Waals surface area contributed by atoms with Crippen LogP contribution in [0.25, 0.3) is 22.2 Å². The van der Waals surface area contributed by atoms with Crippen molar-refractivity contribution in [2.45, 2.75) is 33.8 Å². The summed E-state index contributed by atoms with van der Waals surface area (Å²) in [6.07, 6.45) is -0.902. The summed E-state index contributed by atoms with van der Waals surface area (Å²) < 4.78 is 5.62. The fourth-order valence-corrected chi connectivity index (χ4v) is 3.66. The van der Waals surface area contributed by atoms with E-state index in [4.69, 9.17) is 9.72 Å². The van der Waals surface area contributed by atoms with E-state index in [-0.39, 0.29) is 5.78 Å². The molecule has 0 radical (unpaired) electrons. The summed E-state index contributed by atoms with van der Waals surface area (Å²) in [5.41, 5.74) is 6.45. The quantitative estimate of drug-likeness (QED) is 0.281. The molecule has 4 heteroatoms. The molecule has 0 aliphatic heterocycles. The number of hydrogen-bond acceptors (Lipinski definition) is 4. The molecular formula is C28H25NO3. The summed E-state index contributed by atoms with van der Waals surface area (Å²) in [6.45, 7) is 7.55. The Bertz CT molecular complexity index is 1310. The first-order valence-corrected chi connectivity index (χ1v) is 10.6. The van der Waals surface area contributed by atoms with Crippen LogP contribution in [0, 0.1) is 20.8 Å². The second kappa shape index (κ2) is 8.75. The molecule has 3 aromatic carbocycles. The van der Waals surface area contributed by atoms with E-state index in [2.05, 4.69) is 0 Å². The minimum atomic E-state index is -0.902. The number of pyridine rings is 1. The Kier molecular flexibility index (Phi) is 5.87. The average molecular weight is 424 g/mol. The lowest BCUT2D eigenvalue weighted by atomic mass is 10.0. The van der Waals surface area contributed by atoms with E-state index in [9.17, 15) is 9.59 Å². The number of carbonyl (C=O) groups excluding carboxylic acids is 2. The van der Waals surface area contributed by atoms with Crippen LogP contribution >= 0.6 is 0 Å². The van der Waals surface area contributed by atoms with Gasteiger partial charge in [-0.1, -0.05) is 77.9 Å². The van der Waals surface area contributed by atoms with E-state index >= 15 is 0 Å². The van der Waals surface area contributed by atoms with Crippen molar-refractivity contribution in [1.82, 2.24) is 4.98 Å². The molecule has 0 saturated heterocycles. The average Bonchev–Trinajstić information content (AvgIpc) is 2.79. The Morgan fingerprint density at radius 2 is 1.47 bits per heavy atom. The Morgan fingerprint density at radius 1 is 0.844 bits per heavy atom. The lowest BCUT2D eigenvalue weighted by molar-refractivity contribution is 0.0320. The van der Waals surface area contributed by atoms with Gasteiger partial charge in [0.1, 0.15) is 0 Å². The molecule has 0 aliphatic rings. The smallest absolute Gasteiger partial charge is 0.339 e. The zero-order valence-corrected chi connectivity index (χ0v) is 18.7. The van der Waals surface area contributed by atoms with E-state index < -0.39 is 12.1 Å². The standard InChI is InChI=1S/C28H25NO3/c1-17-8-12-21(13-9-17)25-16-24(23-7-5-6-19(3)26(23)29-25)28(31)32-20(4)27(30)22-14-10-18(2)11-15-22/h5-16,20H,1-4H3. The number of para-hydroxylation sites is 1. The van der Waals surface area contributed by atoms with Gasteiger partial charge in [0.25, 0.3) is 0 Å². The second-order valence-electron chi connectivity index (χ2n) is 8.17. The molecule has 0 bridgehead atoms. The number of benzene rings is 3. The van der Waals surface area contributed by atoms with Gasteiger partial charge in [-0.3, -0.25) is 4.79 Å². The van der Waals surface area contributed by atoms with Gasteiger partial charge >= 0.3 is 5.97 Å². The molecule has 0 N–H and O–H groups in total. The predicted molar refractivity (Wildman–Crippen MR) is 127 cm³/mol. The molecule has 1 heterocycles. The first-order valence-electron chi connectivity index (χ1n) is 10.6. The highest BCUT2D eigenvalue weighted by Crippen LogP contribution is 2.28. The maximum atomic E-state index is 13.2. The van der Waals surface area contributed by atoms with Crippen molar-refractivity contribution in [1.29, 1.82) is 0 Å². The fourth-order valence-electron chi connectivity index (χ4n) is 3.66. The van der Waals surface area contributed by atoms with Crippen molar-refractivity contribution in [3.8, 4) is 11.3 Å². The van der Waals surface area contributed by atoms with Crippen LogP contribution in [0.2, 0.25) is 0 Å². The maximum Gasteiger partial charge on any atom is 0.339 e. The van der Waals surface area contributed by atoms with E-state index in [1.807, 2.05) is 75.4 Å². The third kappa shape index (κ3) is 4.30. The summed E-state index contributed by atoms with van der Waals surface area (Å²) in [6, 6.07) is 22.7. The number of ether oxygens (including phenoxy) is 1. The number of fused-ring (bicyclic) bond motifs is 1. The lowest BCUT2D eigenvalue weighted by Crippen LogP contribution is -2.24. The van der Waals surface area contributed by atoms with Crippen LogP contribution < -0.4 is 0 Å². The third-order valence-corrected chi connectivity index (χ3v) is 5.60. The van der Waals surface area contributed by atoms with Gasteiger partial charge in [-0.25, -0.2) is 9.78 Å². The Balaban J connectivity index is 1.71. The van der Waals surface area contributed by atoms with Gasteiger partial charge in [0.05, 0.1) is 16.8 Å². The van der Waals surface area contributed by atoms with E-state index in [0.29, 0.717) is 22.2 Å². The predicted octanol–water partition coefficient (Wildman–Crippen LogP) is 6.26. The Hall–Kier alpha value is -3.79. The summed E-state index contributed by atoms with van der Waals surface area (Å²) >= 11 is 0. The van der Waals surface area contributed by atoms with Gasteiger partial charge in [-0.05, 0) is 39.3 Å². The van der Waals surface area contributed by atoms with Crippen LogP contribution in [0.15, 0.2) is 72.8 Å². The molecule has 32 heavy (non-hydrogen) atoms. The SMILES string of the molecule is Cc1ccc(C(=O)C(C)OC(=O)c2cc(-c3ccc(C)cc3)nc3c(C)cccc23)cc1. The highest BCUT2D eigenvalue weighted by atomic mass is 16.5. The Morgan fingerprint density at radius 3 is 2.12 bits per heavy atom.